The van der Waals surface area contributed by atoms with E-state index in [1.165, 1.54) is 13.8 Å². The zero-order valence-corrected chi connectivity index (χ0v) is 9.18. The number of rotatable bonds is 1. The van der Waals surface area contributed by atoms with Crippen LogP contribution in [0.25, 0.3) is 0 Å². The van der Waals surface area contributed by atoms with Gasteiger partial charge in [-0.3, -0.25) is 0 Å². The minimum atomic E-state index is -0.856. The maximum Gasteiger partial charge on any atom is 0.167 e. The Hall–Kier alpha value is -1.11. The molecule has 0 aliphatic carbocycles. The first-order valence-electron chi connectivity index (χ1n) is 3.40. The number of aliphatic hydroxyl groups excluding tert-OH is 2. The molecule has 0 saturated heterocycles. The average Bonchev–Trinajstić information content (AvgIpc) is 2.20. The first-order valence-corrected chi connectivity index (χ1v) is 3.84. The average molecular weight is 245 g/mol. The van der Waals surface area contributed by atoms with Gasteiger partial charge in [-0.1, -0.05) is 5.16 Å². The van der Waals surface area contributed by atoms with Crippen molar-refractivity contribution in [2.24, 2.45) is 16.1 Å². The first-order chi connectivity index (χ1) is 6.45. The van der Waals surface area contributed by atoms with Crippen LogP contribution in [-0.2, 0) is 0 Å². The second kappa shape index (κ2) is 18.6. The summed E-state index contributed by atoms with van der Waals surface area (Å²) in [5, 5.41) is 38.4. The van der Waals surface area contributed by atoms with Crippen molar-refractivity contribution in [2.75, 3.05) is 0 Å². The molecule has 0 aliphatic rings. The van der Waals surface area contributed by atoms with E-state index in [1.807, 2.05) is 0 Å². The van der Waals surface area contributed by atoms with Gasteiger partial charge in [0.2, 0.25) is 0 Å². The van der Waals surface area contributed by atoms with Crippen LogP contribution in [0.4, 0.5) is 0 Å². The second-order valence-corrected chi connectivity index (χ2v) is 2.01. The van der Waals surface area contributed by atoms with Gasteiger partial charge in [-0.25, -0.2) is 5.25 Å². The summed E-state index contributed by atoms with van der Waals surface area (Å²) < 4.78 is 0. The van der Waals surface area contributed by atoms with Crippen LogP contribution in [0.3, 0.4) is 0 Å². The Morgan fingerprint density at radius 3 is 1.67 bits per heavy atom. The lowest BCUT2D eigenvalue weighted by molar-refractivity contribution is 0.246. The summed E-state index contributed by atoms with van der Waals surface area (Å²) in [5.41, 5.74) is 4.87. The van der Waals surface area contributed by atoms with Gasteiger partial charge in [-0.2, -0.15) is 5.26 Å². The predicted molar refractivity (Wildman–Crippen MR) is 56.0 cm³/mol. The van der Waals surface area contributed by atoms with Crippen molar-refractivity contribution in [3.63, 3.8) is 0 Å². The number of nitriles is 1. The number of nitrogens with zero attached hydrogens (tertiary/aromatic N) is 2. The molecule has 0 aromatic carbocycles. The Morgan fingerprint density at radius 2 is 1.67 bits per heavy atom. The monoisotopic (exact) mass is 244 g/mol. The number of aliphatic hydroxyl groups is 2. The predicted octanol–water partition coefficient (Wildman–Crippen LogP) is -1.72. The van der Waals surface area contributed by atoms with Crippen LogP contribution >= 0.6 is 11.8 Å². The summed E-state index contributed by atoms with van der Waals surface area (Å²) in [6.07, 6.45) is -1.67. The molecule has 0 spiro atoms. The Balaban J connectivity index is -0.0000000675. The fourth-order valence-electron chi connectivity index (χ4n) is 0.0836. The van der Waals surface area contributed by atoms with E-state index in [1.54, 1.807) is 6.07 Å². The third kappa shape index (κ3) is 32.2. The van der Waals surface area contributed by atoms with Gasteiger partial charge in [-0.15, -0.1) is 0 Å². The standard InChI is InChI=1S/C3H8N2O2.C3H5NO.ClH2N.H2O/c1-2(6)3(4)5-7;1-3(5)2-4;1-2;/h2,6-7H,1H3,(H2,4,5);3,5H,1H3;2H2;1H2. The lowest BCUT2D eigenvalue weighted by Crippen LogP contribution is -2.25. The molecule has 0 bridgehead atoms. The van der Waals surface area contributed by atoms with E-state index < -0.39 is 12.2 Å². The van der Waals surface area contributed by atoms with Crippen molar-refractivity contribution in [1.82, 2.24) is 0 Å². The van der Waals surface area contributed by atoms with Gasteiger partial charge in [0, 0.05) is 0 Å². The molecule has 9 heteroatoms. The second-order valence-electron chi connectivity index (χ2n) is 2.01. The van der Waals surface area contributed by atoms with Gasteiger partial charge in [-0.05, 0) is 25.6 Å². The third-order valence-corrected chi connectivity index (χ3v) is 0.730. The van der Waals surface area contributed by atoms with Crippen molar-refractivity contribution in [2.45, 2.75) is 26.1 Å². The molecular weight excluding hydrogens is 228 g/mol. The minimum Gasteiger partial charge on any atom is -0.412 e. The summed E-state index contributed by atoms with van der Waals surface area (Å²) >= 11 is 4.14. The van der Waals surface area contributed by atoms with Crippen molar-refractivity contribution < 1.29 is 20.9 Å². The molecule has 0 amide bonds. The van der Waals surface area contributed by atoms with Crippen molar-refractivity contribution in [1.29, 1.82) is 5.26 Å². The van der Waals surface area contributed by atoms with Gasteiger partial charge in [0.1, 0.15) is 12.2 Å². The summed E-state index contributed by atoms with van der Waals surface area (Å²) in [7, 11) is 0. The van der Waals surface area contributed by atoms with Crippen LogP contribution in [0.15, 0.2) is 5.16 Å². The maximum atomic E-state index is 8.41. The Kier molecular flexibility index (Phi) is 29.3. The first kappa shape index (κ1) is 23.6. The summed E-state index contributed by atoms with van der Waals surface area (Å²) in [6, 6.07) is 1.58. The molecule has 0 fully saturated rings. The highest BCUT2D eigenvalue weighted by Gasteiger charge is 1.97. The van der Waals surface area contributed by atoms with Gasteiger partial charge < -0.3 is 26.6 Å². The lowest BCUT2D eigenvalue weighted by atomic mass is 10.4. The molecule has 0 aliphatic heterocycles. The fraction of sp³-hybridized carbons (Fsp3) is 0.667. The van der Waals surface area contributed by atoms with E-state index >= 15 is 0 Å². The lowest BCUT2D eigenvalue weighted by Gasteiger charge is -1.96. The number of hydrogen-bond acceptors (Lipinski definition) is 6. The number of halogens is 1. The highest BCUT2D eigenvalue weighted by Crippen LogP contribution is 1.75. The minimum absolute atomic E-state index is 0. The van der Waals surface area contributed by atoms with E-state index in [9.17, 15) is 0 Å². The normalized spacial score (nSPS) is 12.5. The van der Waals surface area contributed by atoms with Crippen molar-refractivity contribution in [3.05, 3.63) is 0 Å². The molecule has 92 valence electrons. The SMILES string of the molecule is CC(O)C#N.CC(O)C(N)=NO.NCl.O. The topological polar surface area (TPSA) is 180 Å². The quantitative estimate of drug-likeness (QED) is 0.0913. The van der Waals surface area contributed by atoms with E-state index in [0.29, 0.717) is 0 Å². The molecule has 0 saturated carbocycles. The summed E-state index contributed by atoms with van der Waals surface area (Å²) in [6.45, 7) is 2.83. The zero-order valence-electron chi connectivity index (χ0n) is 8.42. The largest absolute Gasteiger partial charge is 0.412 e. The third-order valence-electron chi connectivity index (χ3n) is 0.730. The molecule has 2 atom stereocenters. The Labute approximate surface area is 92.8 Å². The van der Waals surface area contributed by atoms with Gasteiger partial charge in [0.25, 0.3) is 0 Å². The molecule has 0 aromatic rings. The van der Waals surface area contributed by atoms with Crippen LogP contribution < -0.4 is 11.0 Å². The van der Waals surface area contributed by atoms with Crippen LogP contribution in [0.2, 0.25) is 0 Å². The van der Waals surface area contributed by atoms with E-state index in [-0.39, 0.29) is 11.3 Å². The van der Waals surface area contributed by atoms with Crippen LogP contribution in [0, 0.1) is 11.3 Å². The number of hydrogen-bond donors (Lipinski definition) is 5. The highest BCUT2D eigenvalue weighted by molar-refractivity contribution is 6.11. The zero-order chi connectivity index (χ0) is 12.1. The van der Waals surface area contributed by atoms with Crippen molar-refractivity contribution >= 4 is 17.6 Å². The molecule has 0 rings (SSSR count). The molecule has 0 radical (unpaired) electrons. The Bertz CT molecular complexity index is 180. The molecule has 9 N–H and O–H groups in total. The van der Waals surface area contributed by atoms with Crippen LogP contribution in [0.1, 0.15) is 13.8 Å². The molecule has 8 nitrogen and oxygen atoms in total. The maximum absolute atomic E-state index is 8.41. The smallest absolute Gasteiger partial charge is 0.167 e. The van der Waals surface area contributed by atoms with Gasteiger partial charge >= 0.3 is 0 Å². The molecular formula is C6H17ClN4O4. The molecule has 2 unspecified atom stereocenters. The molecule has 0 aromatic heterocycles. The van der Waals surface area contributed by atoms with E-state index in [4.69, 9.17) is 26.4 Å². The summed E-state index contributed by atoms with van der Waals surface area (Å²) in [5.74, 6) is -0.167. The molecule has 15 heavy (non-hydrogen) atoms. The van der Waals surface area contributed by atoms with Gasteiger partial charge in [0.15, 0.2) is 5.84 Å². The number of amidine groups is 1. The van der Waals surface area contributed by atoms with E-state index in [2.05, 4.69) is 22.2 Å². The number of nitrogens with two attached hydrogens (primary N) is 2. The van der Waals surface area contributed by atoms with Gasteiger partial charge in [0.05, 0.1) is 6.07 Å². The van der Waals surface area contributed by atoms with Crippen LogP contribution in [0.5, 0.6) is 0 Å². The summed E-state index contributed by atoms with van der Waals surface area (Å²) in [4.78, 5) is 0. The van der Waals surface area contributed by atoms with E-state index in [0.717, 1.165) is 0 Å². The molecule has 0 heterocycles. The van der Waals surface area contributed by atoms with Crippen molar-refractivity contribution in [3.8, 4) is 6.07 Å². The fourth-order valence-corrected chi connectivity index (χ4v) is 0.0836. The van der Waals surface area contributed by atoms with Crippen LogP contribution in [-0.4, -0.2) is 38.9 Å². The Morgan fingerprint density at radius 1 is 1.40 bits per heavy atom. The highest BCUT2D eigenvalue weighted by atomic mass is 35.5. The number of oxime groups is 1.